The van der Waals surface area contributed by atoms with Crippen LogP contribution in [0.2, 0.25) is 0 Å². The third-order valence-electron chi connectivity index (χ3n) is 7.07. The highest BCUT2D eigenvalue weighted by molar-refractivity contribution is 9.10. The van der Waals surface area contributed by atoms with Gasteiger partial charge in [0.15, 0.2) is 5.82 Å². The van der Waals surface area contributed by atoms with Crippen molar-refractivity contribution in [2.24, 2.45) is 17.6 Å². The summed E-state index contributed by atoms with van der Waals surface area (Å²) in [6.45, 7) is 5.89. The fraction of sp³-hybridized carbons (Fsp3) is 0.433. The summed E-state index contributed by atoms with van der Waals surface area (Å²) in [4.78, 5) is 54.8. The average Bonchev–Trinajstić information content (AvgIpc) is 3.38. The minimum atomic E-state index is -0.954. The fourth-order valence-corrected chi connectivity index (χ4v) is 5.44. The molecule has 4 rings (SSSR count). The second-order valence-electron chi connectivity index (χ2n) is 11.5. The largest absolute Gasteiger partial charge is 0.444 e. The van der Waals surface area contributed by atoms with Crippen molar-refractivity contribution in [3.05, 3.63) is 69.1 Å². The number of amides is 3. The molecule has 1 atom stereocenters. The van der Waals surface area contributed by atoms with Crippen LogP contribution in [0.25, 0.3) is 11.4 Å². The summed E-state index contributed by atoms with van der Waals surface area (Å²) < 4.78 is 10.8. The highest BCUT2D eigenvalue weighted by Crippen LogP contribution is 2.32. The smallest absolute Gasteiger partial charge is 0.439 e. The number of hydrogen-bond acceptors (Lipinski definition) is 8. The molecule has 1 aliphatic rings. The van der Waals surface area contributed by atoms with E-state index in [1.807, 2.05) is 45.0 Å². The molecule has 0 bridgehead atoms. The predicted octanol–water partition coefficient (Wildman–Crippen LogP) is 4.55. The van der Waals surface area contributed by atoms with Crippen LogP contribution in [0.5, 0.6) is 0 Å². The molecule has 1 heterocycles. The number of aromatic amines is 1. The molecule has 1 aliphatic carbocycles. The van der Waals surface area contributed by atoms with E-state index in [0.29, 0.717) is 30.6 Å². The van der Waals surface area contributed by atoms with Crippen LogP contribution in [-0.4, -0.2) is 46.2 Å². The number of alkyl carbamates (subject to hydrolysis) is 1. The Bertz CT molecular complexity index is 1450. The molecule has 0 radical (unpaired) electrons. The number of rotatable bonds is 8. The van der Waals surface area contributed by atoms with E-state index in [9.17, 15) is 19.2 Å². The first-order chi connectivity index (χ1) is 19.9. The number of nitrogens with one attached hydrogen (secondary N) is 2. The third kappa shape index (κ3) is 8.39. The summed E-state index contributed by atoms with van der Waals surface area (Å²) in [6.07, 6.45) is 2.37. The second-order valence-corrected chi connectivity index (χ2v) is 12.5. The van der Waals surface area contributed by atoms with Gasteiger partial charge in [-0.2, -0.15) is 0 Å². The van der Waals surface area contributed by atoms with Crippen molar-refractivity contribution in [2.75, 3.05) is 11.4 Å². The van der Waals surface area contributed by atoms with E-state index in [0.717, 1.165) is 22.9 Å². The van der Waals surface area contributed by atoms with Gasteiger partial charge in [0, 0.05) is 22.5 Å². The lowest BCUT2D eigenvalue weighted by atomic mass is 9.81. The van der Waals surface area contributed by atoms with Gasteiger partial charge in [-0.1, -0.05) is 33.2 Å². The molecule has 4 N–H and O–H groups in total. The van der Waals surface area contributed by atoms with Crippen molar-refractivity contribution in [1.29, 1.82) is 0 Å². The zero-order valence-corrected chi connectivity index (χ0v) is 25.5. The quantitative estimate of drug-likeness (QED) is 0.323. The number of imide groups is 1. The van der Waals surface area contributed by atoms with E-state index in [4.69, 9.17) is 10.5 Å². The highest BCUT2D eigenvalue weighted by Gasteiger charge is 2.35. The van der Waals surface area contributed by atoms with Gasteiger partial charge < -0.3 is 15.8 Å². The molecule has 1 aromatic heterocycles. The number of benzene rings is 2. The first-order valence-corrected chi connectivity index (χ1v) is 14.7. The summed E-state index contributed by atoms with van der Waals surface area (Å²) in [5.41, 5.74) is 7.60. The molecule has 0 unspecified atom stereocenters. The number of H-pyrrole nitrogens is 1. The second kappa shape index (κ2) is 13.5. The van der Waals surface area contributed by atoms with Crippen LogP contribution in [0.4, 0.5) is 10.5 Å². The zero-order chi connectivity index (χ0) is 30.4. The van der Waals surface area contributed by atoms with Gasteiger partial charge in [0.2, 0.25) is 5.91 Å². The fourth-order valence-electron chi connectivity index (χ4n) is 4.99. The number of hydrogen-bond donors (Lipinski definition) is 3. The van der Waals surface area contributed by atoms with Gasteiger partial charge in [-0.05, 0) is 101 Å². The minimum Gasteiger partial charge on any atom is -0.444 e. The monoisotopic (exact) mass is 641 g/mol. The predicted molar refractivity (Wildman–Crippen MR) is 161 cm³/mol. The lowest BCUT2D eigenvalue weighted by Gasteiger charge is -2.32. The maximum Gasteiger partial charge on any atom is 0.439 e. The van der Waals surface area contributed by atoms with E-state index in [-0.39, 0.29) is 30.0 Å². The molecular weight excluding hydrogens is 606 g/mol. The van der Waals surface area contributed by atoms with Crippen molar-refractivity contribution in [1.82, 2.24) is 15.5 Å². The van der Waals surface area contributed by atoms with E-state index in [2.05, 4.69) is 35.9 Å². The summed E-state index contributed by atoms with van der Waals surface area (Å²) in [5, 5.41) is 6.51. The van der Waals surface area contributed by atoms with Gasteiger partial charge >= 0.3 is 11.8 Å². The van der Waals surface area contributed by atoms with Crippen LogP contribution in [0.3, 0.4) is 0 Å². The van der Waals surface area contributed by atoms with Crippen LogP contribution in [0.15, 0.2) is 62.3 Å². The zero-order valence-electron chi connectivity index (χ0n) is 23.9. The number of carbonyl (C=O) groups is 3. The lowest BCUT2D eigenvalue weighted by Crippen LogP contribution is -2.50. The Kier molecular flexibility index (Phi) is 10.00. The summed E-state index contributed by atoms with van der Waals surface area (Å²) in [7, 11) is 0. The molecule has 3 amide bonds. The van der Waals surface area contributed by atoms with Crippen molar-refractivity contribution in [2.45, 2.75) is 64.5 Å². The van der Waals surface area contributed by atoms with Crippen LogP contribution < -0.4 is 21.7 Å². The van der Waals surface area contributed by atoms with Gasteiger partial charge in [-0.25, -0.2) is 14.5 Å². The molecule has 1 saturated carbocycles. The Morgan fingerprint density at radius 2 is 1.83 bits per heavy atom. The Labute approximate surface area is 252 Å². The maximum absolute atomic E-state index is 13.9. The van der Waals surface area contributed by atoms with Gasteiger partial charge in [-0.15, -0.1) is 0 Å². The molecule has 3 aromatic rings. The Morgan fingerprint density at radius 1 is 1.14 bits per heavy atom. The summed E-state index contributed by atoms with van der Waals surface area (Å²) in [5.74, 6) is -1.44. The minimum absolute atomic E-state index is 0.202. The van der Waals surface area contributed by atoms with Crippen molar-refractivity contribution in [3.8, 4) is 11.4 Å². The van der Waals surface area contributed by atoms with Crippen molar-refractivity contribution >= 4 is 39.5 Å². The lowest BCUT2D eigenvalue weighted by molar-refractivity contribution is -0.130. The first kappa shape index (κ1) is 31.2. The number of nitrogens with zero attached hydrogens (tertiary/aromatic N) is 2. The van der Waals surface area contributed by atoms with E-state index >= 15 is 0 Å². The van der Waals surface area contributed by atoms with Crippen LogP contribution >= 0.6 is 15.9 Å². The van der Waals surface area contributed by atoms with Crippen molar-refractivity contribution in [3.63, 3.8) is 0 Å². The molecular formula is C30H36BrN5O6. The molecule has 12 heteroatoms. The standard InChI is InChI=1S/C30H36BrN5O6/c1-30(2,3)41-28(39)33-17-18-7-9-21(10-8-18)26(37)36(27(38)24(32)16-19-5-4-6-22(31)15-19)23-13-11-20(12-14-23)25-34-29(40)42-35-25/h4-6,11-15,18,21,24H,7-10,16-17,32H2,1-3H3,(H,33,39)(H,34,35,40)/t18?,21?,24-/m0/s1. The van der Waals surface area contributed by atoms with Gasteiger partial charge in [-0.3, -0.25) is 19.1 Å². The molecule has 2 aromatic carbocycles. The maximum atomic E-state index is 13.9. The molecule has 42 heavy (non-hydrogen) atoms. The highest BCUT2D eigenvalue weighted by atomic mass is 79.9. The number of carbonyl (C=O) groups excluding carboxylic acids is 3. The molecule has 1 fully saturated rings. The number of aromatic nitrogens is 2. The normalized spacial score (nSPS) is 17.7. The Hall–Kier alpha value is -3.77. The number of nitrogens with two attached hydrogens (primary N) is 1. The van der Waals surface area contributed by atoms with Crippen molar-refractivity contribution < 1.29 is 23.6 Å². The first-order valence-electron chi connectivity index (χ1n) is 13.9. The SMILES string of the molecule is CC(C)(C)OC(=O)NCC1CCC(C(=O)N(C(=O)[C@@H](N)Cc2cccc(Br)c2)c2ccc(-c3noc(=O)[nH]3)cc2)CC1. The van der Waals surface area contributed by atoms with Gasteiger partial charge in [0.1, 0.15) is 5.60 Å². The van der Waals surface area contributed by atoms with Gasteiger partial charge in [0.25, 0.3) is 5.91 Å². The topological polar surface area (TPSA) is 161 Å². The van der Waals surface area contributed by atoms with E-state index in [1.165, 1.54) is 4.90 Å². The van der Waals surface area contributed by atoms with Gasteiger partial charge in [0.05, 0.1) is 11.7 Å². The number of halogens is 1. The van der Waals surface area contributed by atoms with Crippen LogP contribution in [0.1, 0.15) is 52.0 Å². The number of ether oxygens (including phenoxy) is 1. The summed E-state index contributed by atoms with van der Waals surface area (Å²) >= 11 is 3.44. The molecule has 0 spiro atoms. The van der Waals surface area contributed by atoms with Crippen LogP contribution in [0, 0.1) is 11.8 Å². The molecule has 0 aliphatic heterocycles. The van der Waals surface area contributed by atoms with Crippen LogP contribution in [-0.2, 0) is 20.7 Å². The summed E-state index contributed by atoms with van der Waals surface area (Å²) in [6, 6.07) is 13.1. The average molecular weight is 643 g/mol. The Morgan fingerprint density at radius 3 is 2.43 bits per heavy atom. The Balaban J connectivity index is 1.48. The molecule has 224 valence electrons. The molecule has 0 saturated heterocycles. The third-order valence-corrected chi connectivity index (χ3v) is 7.57. The molecule has 11 nitrogen and oxygen atoms in total. The van der Waals surface area contributed by atoms with E-state index < -0.39 is 29.4 Å². The number of anilines is 1. The van der Waals surface area contributed by atoms with E-state index in [1.54, 1.807) is 24.3 Å².